The van der Waals surface area contributed by atoms with Gasteiger partial charge in [-0.15, -0.1) is 23.7 Å². The highest BCUT2D eigenvalue weighted by molar-refractivity contribution is 7.12. The Morgan fingerprint density at radius 1 is 1.29 bits per heavy atom. The van der Waals surface area contributed by atoms with Crippen molar-refractivity contribution >= 4 is 35.6 Å². The molecular formula is C14H22ClN3O2S. The van der Waals surface area contributed by atoms with Crippen molar-refractivity contribution in [2.24, 2.45) is 11.7 Å². The molecule has 1 aliphatic rings. The van der Waals surface area contributed by atoms with Crippen molar-refractivity contribution in [1.82, 2.24) is 10.6 Å². The van der Waals surface area contributed by atoms with Crippen LogP contribution >= 0.6 is 23.7 Å². The van der Waals surface area contributed by atoms with E-state index in [2.05, 4.69) is 10.6 Å². The smallest absolute Gasteiger partial charge is 0.261 e. The van der Waals surface area contributed by atoms with Crippen LogP contribution in [-0.2, 0) is 4.79 Å². The molecule has 2 atom stereocenters. The van der Waals surface area contributed by atoms with E-state index in [4.69, 9.17) is 5.73 Å². The molecule has 1 heterocycles. The molecule has 1 aromatic heterocycles. The second-order valence-electron chi connectivity index (χ2n) is 5.14. The number of hydrogen-bond acceptors (Lipinski definition) is 4. The summed E-state index contributed by atoms with van der Waals surface area (Å²) < 4.78 is 0. The highest BCUT2D eigenvalue weighted by Gasteiger charge is 2.25. The summed E-state index contributed by atoms with van der Waals surface area (Å²) in [6.07, 6.45) is 3.69. The number of nitrogens with one attached hydrogen (secondary N) is 2. The largest absolute Gasteiger partial charge is 0.354 e. The number of halogens is 1. The Kier molecular flexibility index (Phi) is 7.71. The first-order valence-electron chi connectivity index (χ1n) is 7.01. The Bertz CT molecular complexity index is 453. The fraction of sp³-hybridized carbons (Fsp3) is 0.571. The lowest BCUT2D eigenvalue weighted by molar-refractivity contribution is -0.122. The van der Waals surface area contributed by atoms with Crippen LogP contribution < -0.4 is 16.4 Å². The summed E-state index contributed by atoms with van der Waals surface area (Å²) in [4.78, 5) is 24.1. The van der Waals surface area contributed by atoms with Gasteiger partial charge in [-0.25, -0.2) is 0 Å². The third kappa shape index (κ3) is 5.65. The SMILES string of the molecule is Cl.N[C@@H]1CCC[C@H]1CC(=O)NCCNC(=O)c1cccs1. The molecule has 4 N–H and O–H groups in total. The summed E-state index contributed by atoms with van der Waals surface area (Å²) >= 11 is 1.40. The van der Waals surface area contributed by atoms with Gasteiger partial charge in [-0.3, -0.25) is 9.59 Å². The molecule has 1 fully saturated rings. The van der Waals surface area contributed by atoms with Crippen LogP contribution in [0.4, 0.5) is 0 Å². The van der Waals surface area contributed by atoms with Crippen molar-refractivity contribution in [3.8, 4) is 0 Å². The van der Waals surface area contributed by atoms with Crippen LogP contribution in [0.5, 0.6) is 0 Å². The second kappa shape index (κ2) is 9.02. The Morgan fingerprint density at radius 2 is 2.05 bits per heavy atom. The molecular weight excluding hydrogens is 310 g/mol. The first-order valence-corrected chi connectivity index (χ1v) is 7.89. The number of carbonyl (C=O) groups excluding carboxylic acids is 2. The summed E-state index contributed by atoms with van der Waals surface area (Å²) in [5.41, 5.74) is 5.94. The summed E-state index contributed by atoms with van der Waals surface area (Å²) in [6.45, 7) is 0.900. The summed E-state index contributed by atoms with van der Waals surface area (Å²) in [7, 11) is 0. The zero-order chi connectivity index (χ0) is 14.4. The molecule has 0 saturated heterocycles. The van der Waals surface area contributed by atoms with Crippen LogP contribution in [0.1, 0.15) is 35.4 Å². The molecule has 7 heteroatoms. The van der Waals surface area contributed by atoms with Crippen LogP contribution in [0.2, 0.25) is 0 Å². The molecule has 5 nitrogen and oxygen atoms in total. The molecule has 1 aliphatic carbocycles. The Hall–Kier alpha value is -1.11. The number of hydrogen-bond donors (Lipinski definition) is 3. The van der Waals surface area contributed by atoms with Crippen LogP contribution in [0, 0.1) is 5.92 Å². The zero-order valence-electron chi connectivity index (χ0n) is 11.8. The third-order valence-electron chi connectivity index (χ3n) is 3.64. The normalized spacial score (nSPS) is 20.6. The van der Waals surface area contributed by atoms with E-state index in [1.807, 2.05) is 11.4 Å². The molecule has 0 aliphatic heterocycles. The minimum absolute atomic E-state index is 0. The van der Waals surface area contributed by atoms with Crippen molar-refractivity contribution in [3.63, 3.8) is 0 Å². The average molecular weight is 332 g/mol. The van der Waals surface area contributed by atoms with Crippen LogP contribution in [0.15, 0.2) is 17.5 Å². The van der Waals surface area contributed by atoms with Gasteiger partial charge in [0, 0.05) is 25.6 Å². The number of amides is 2. The minimum atomic E-state index is -0.0907. The Balaban J connectivity index is 0.00000220. The number of carbonyl (C=O) groups is 2. The van der Waals surface area contributed by atoms with Gasteiger partial charge in [-0.2, -0.15) is 0 Å². The number of thiophene rings is 1. The van der Waals surface area contributed by atoms with Crippen molar-refractivity contribution in [3.05, 3.63) is 22.4 Å². The third-order valence-corrected chi connectivity index (χ3v) is 4.51. The second-order valence-corrected chi connectivity index (χ2v) is 6.09. The predicted molar refractivity (Wildman–Crippen MR) is 86.8 cm³/mol. The van der Waals surface area contributed by atoms with E-state index >= 15 is 0 Å². The topological polar surface area (TPSA) is 84.2 Å². The summed E-state index contributed by atoms with van der Waals surface area (Å²) in [5.74, 6) is 0.250. The molecule has 1 aromatic rings. The first-order chi connectivity index (χ1) is 9.66. The Morgan fingerprint density at radius 3 is 2.67 bits per heavy atom. The van der Waals surface area contributed by atoms with Gasteiger partial charge in [0.1, 0.15) is 0 Å². The lowest BCUT2D eigenvalue weighted by atomic mass is 10.00. The lowest BCUT2D eigenvalue weighted by Gasteiger charge is -2.14. The maximum absolute atomic E-state index is 11.7. The summed E-state index contributed by atoms with van der Waals surface area (Å²) in [5, 5.41) is 7.46. The van der Waals surface area contributed by atoms with Crippen LogP contribution in [0.3, 0.4) is 0 Å². The molecule has 0 radical (unpaired) electrons. The molecule has 0 unspecified atom stereocenters. The average Bonchev–Trinajstić information content (AvgIpc) is 3.07. The van der Waals surface area contributed by atoms with Crippen LogP contribution in [-0.4, -0.2) is 30.9 Å². The number of nitrogens with two attached hydrogens (primary N) is 1. The van der Waals surface area contributed by atoms with Gasteiger partial charge in [-0.1, -0.05) is 12.5 Å². The van der Waals surface area contributed by atoms with Gasteiger partial charge < -0.3 is 16.4 Å². The quantitative estimate of drug-likeness (QED) is 0.691. The molecule has 21 heavy (non-hydrogen) atoms. The molecule has 2 rings (SSSR count). The maximum atomic E-state index is 11.7. The molecule has 1 saturated carbocycles. The van der Waals surface area contributed by atoms with Crippen molar-refractivity contribution in [2.45, 2.75) is 31.7 Å². The van der Waals surface area contributed by atoms with Crippen molar-refractivity contribution in [2.75, 3.05) is 13.1 Å². The van der Waals surface area contributed by atoms with Gasteiger partial charge in [0.2, 0.25) is 5.91 Å². The molecule has 0 bridgehead atoms. The van der Waals surface area contributed by atoms with E-state index in [-0.39, 0.29) is 30.3 Å². The van der Waals surface area contributed by atoms with E-state index in [0.29, 0.717) is 30.3 Å². The monoisotopic (exact) mass is 331 g/mol. The van der Waals surface area contributed by atoms with E-state index in [9.17, 15) is 9.59 Å². The highest BCUT2D eigenvalue weighted by Crippen LogP contribution is 2.26. The summed E-state index contributed by atoms with van der Waals surface area (Å²) in [6, 6.07) is 3.78. The first kappa shape index (κ1) is 17.9. The molecule has 118 valence electrons. The van der Waals surface area contributed by atoms with Gasteiger partial charge in [0.25, 0.3) is 5.91 Å². The van der Waals surface area contributed by atoms with Gasteiger partial charge >= 0.3 is 0 Å². The van der Waals surface area contributed by atoms with E-state index in [1.165, 1.54) is 11.3 Å². The van der Waals surface area contributed by atoms with Gasteiger partial charge in [0.15, 0.2) is 0 Å². The van der Waals surface area contributed by atoms with Crippen LogP contribution in [0.25, 0.3) is 0 Å². The van der Waals surface area contributed by atoms with E-state index in [1.54, 1.807) is 6.07 Å². The fourth-order valence-electron chi connectivity index (χ4n) is 2.50. The zero-order valence-corrected chi connectivity index (χ0v) is 13.5. The fourth-order valence-corrected chi connectivity index (χ4v) is 3.14. The van der Waals surface area contributed by atoms with E-state index in [0.717, 1.165) is 19.3 Å². The van der Waals surface area contributed by atoms with Crippen molar-refractivity contribution < 1.29 is 9.59 Å². The lowest BCUT2D eigenvalue weighted by Crippen LogP contribution is -2.36. The standard InChI is InChI=1S/C14H21N3O2S.ClH/c15-11-4-1-3-10(11)9-13(18)16-6-7-17-14(19)12-5-2-8-20-12;/h2,5,8,10-11H,1,3-4,6-7,9,15H2,(H,16,18)(H,17,19);1H/t10-,11+;/m0./s1. The van der Waals surface area contributed by atoms with E-state index < -0.39 is 0 Å². The molecule has 2 amide bonds. The van der Waals surface area contributed by atoms with Gasteiger partial charge in [-0.05, 0) is 30.2 Å². The van der Waals surface area contributed by atoms with Gasteiger partial charge in [0.05, 0.1) is 4.88 Å². The molecule has 0 aromatic carbocycles. The Labute approximate surface area is 135 Å². The van der Waals surface area contributed by atoms with Crippen molar-refractivity contribution in [1.29, 1.82) is 0 Å². The minimum Gasteiger partial charge on any atom is -0.354 e. The predicted octanol–water partition coefficient (Wildman–Crippen LogP) is 1.53. The maximum Gasteiger partial charge on any atom is 0.261 e. The highest BCUT2D eigenvalue weighted by atomic mass is 35.5. The number of rotatable bonds is 6. The molecule has 0 spiro atoms.